The molecule has 34 heavy (non-hydrogen) atoms. The number of amides is 1. The minimum absolute atomic E-state index is 0.0513. The van der Waals surface area contributed by atoms with E-state index in [9.17, 15) is 4.79 Å². The van der Waals surface area contributed by atoms with E-state index in [-0.39, 0.29) is 11.3 Å². The minimum Gasteiger partial charge on any atom is -0.360 e. The molecular weight excluding hydrogens is 446 g/mol. The molecule has 1 aliphatic heterocycles. The number of carbonyl (C=O) groups excluding carboxylic acids is 1. The first-order valence-electron chi connectivity index (χ1n) is 10.7. The van der Waals surface area contributed by atoms with Crippen LogP contribution in [0.25, 0.3) is 33.4 Å². The van der Waals surface area contributed by atoms with Gasteiger partial charge in [0, 0.05) is 46.8 Å². The average Bonchev–Trinajstić information content (AvgIpc) is 3.48. The van der Waals surface area contributed by atoms with Crippen molar-refractivity contribution < 1.29 is 4.79 Å². The number of nitrogens with zero attached hydrogens (tertiary/aromatic N) is 6. The van der Waals surface area contributed by atoms with Gasteiger partial charge in [-0.2, -0.15) is 0 Å². The summed E-state index contributed by atoms with van der Waals surface area (Å²) >= 11 is 1.53. The van der Waals surface area contributed by atoms with Crippen molar-refractivity contribution in [2.24, 2.45) is 0 Å². The maximum atomic E-state index is 13.1. The van der Waals surface area contributed by atoms with E-state index in [2.05, 4.69) is 19.9 Å². The summed E-state index contributed by atoms with van der Waals surface area (Å²) in [6.45, 7) is 2.01. The highest BCUT2D eigenvalue weighted by molar-refractivity contribution is 8.00. The number of fused-ring (bicyclic) bond motifs is 1. The number of thioether (sulfide) groups is 1. The van der Waals surface area contributed by atoms with Crippen molar-refractivity contribution in [1.82, 2.24) is 29.9 Å². The Balaban J connectivity index is 1.54. The molecule has 0 bridgehead atoms. The second kappa shape index (κ2) is 8.35. The maximum absolute atomic E-state index is 13.1. The van der Waals surface area contributed by atoms with Crippen molar-refractivity contribution in [2.45, 2.75) is 12.3 Å². The number of carbonyl (C=O) groups is 1. The van der Waals surface area contributed by atoms with Gasteiger partial charge in [0.15, 0.2) is 0 Å². The van der Waals surface area contributed by atoms with Gasteiger partial charge in [0.25, 0.3) is 0 Å². The third kappa shape index (κ3) is 3.60. The summed E-state index contributed by atoms with van der Waals surface area (Å²) in [5, 5.41) is 0.743. The number of benzene rings is 1. The van der Waals surface area contributed by atoms with Crippen LogP contribution < -0.4 is 4.90 Å². The zero-order valence-corrected chi connectivity index (χ0v) is 19.0. The molecular formula is C25H19N7OS. The quantitative estimate of drug-likeness (QED) is 0.415. The zero-order chi connectivity index (χ0) is 23.1. The van der Waals surface area contributed by atoms with Gasteiger partial charge in [0.2, 0.25) is 11.9 Å². The first kappa shape index (κ1) is 20.5. The van der Waals surface area contributed by atoms with Crippen molar-refractivity contribution in [3.8, 4) is 22.5 Å². The van der Waals surface area contributed by atoms with Crippen LogP contribution in [0.5, 0.6) is 0 Å². The second-order valence-corrected chi connectivity index (χ2v) is 9.07. The Morgan fingerprint density at radius 1 is 1.06 bits per heavy atom. The molecule has 1 N–H and O–H groups in total. The van der Waals surface area contributed by atoms with Crippen LogP contribution >= 0.6 is 11.8 Å². The van der Waals surface area contributed by atoms with Crippen LogP contribution in [-0.4, -0.2) is 41.6 Å². The SMILES string of the molecule is Cc1ccnc(C2SCC(=O)N2c2nc(-c3cncnc3)cc(-c3c[nH]c4ccccc34)n2)c1. The number of rotatable bonds is 4. The number of nitrogens with one attached hydrogen (secondary N) is 1. The Bertz CT molecular complexity index is 1520. The molecule has 5 heterocycles. The van der Waals surface area contributed by atoms with Crippen LogP contribution in [-0.2, 0) is 4.79 Å². The lowest BCUT2D eigenvalue weighted by atomic mass is 10.1. The fraction of sp³-hybridized carbons (Fsp3) is 0.120. The molecule has 1 amide bonds. The third-order valence-corrected chi connectivity index (χ3v) is 6.89. The predicted molar refractivity (Wildman–Crippen MR) is 132 cm³/mol. The molecule has 0 spiro atoms. The monoisotopic (exact) mass is 465 g/mol. The van der Waals surface area contributed by atoms with Crippen LogP contribution in [0.3, 0.4) is 0 Å². The molecule has 8 nitrogen and oxygen atoms in total. The molecule has 0 aliphatic carbocycles. The molecule has 6 rings (SSSR count). The van der Waals surface area contributed by atoms with Gasteiger partial charge in [-0.1, -0.05) is 18.2 Å². The summed E-state index contributed by atoms with van der Waals surface area (Å²) in [5.41, 5.74) is 5.94. The van der Waals surface area contributed by atoms with Gasteiger partial charge in [-0.25, -0.2) is 19.9 Å². The van der Waals surface area contributed by atoms with Gasteiger partial charge in [-0.15, -0.1) is 11.8 Å². The van der Waals surface area contributed by atoms with Crippen molar-refractivity contribution in [3.05, 3.63) is 84.8 Å². The Hall–Kier alpha value is -4.11. The fourth-order valence-electron chi connectivity index (χ4n) is 4.10. The Kier molecular flexibility index (Phi) is 5.03. The lowest BCUT2D eigenvalue weighted by molar-refractivity contribution is -0.115. The van der Waals surface area contributed by atoms with Gasteiger partial charge >= 0.3 is 0 Å². The number of aromatic amines is 1. The van der Waals surface area contributed by atoms with Gasteiger partial charge in [0.05, 0.1) is 22.8 Å². The van der Waals surface area contributed by atoms with Crippen molar-refractivity contribution >= 4 is 34.5 Å². The third-order valence-electron chi connectivity index (χ3n) is 5.71. The van der Waals surface area contributed by atoms with Crippen LogP contribution in [0.4, 0.5) is 5.95 Å². The van der Waals surface area contributed by atoms with Crippen molar-refractivity contribution in [3.63, 3.8) is 0 Å². The van der Waals surface area contributed by atoms with E-state index in [1.807, 2.05) is 55.6 Å². The number of H-pyrrole nitrogens is 1. The number of aryl methyl sites for hydroxylation is 1. The number of pyridine rings is 1. The highest BCUT2D eigenvalue weighted by Crippen LogP contribution is 2.41. The van der Waals surface area contributed by atoms with Crippen molar-refractivity contribution in [2.75, 3.05) is 10.7 Å². The number of aromatic nitrogens is 6. The summed E-state index contributed by atoms with van der Waals surface area (Å²) in [7, 11) is 0. The molecule has 9 heteroatoms. The summed E-state index contributed by atoms with van der Waals surface area (Å²) in [6.07, 6.45) is 8.59. The highest BCUT2D eigenvalue weighted by atomic mass is 32.2. The van der Waals surface area contributed by atoms with E-state index in [4.69, 9.17) is 9.97 Å². The van der Waals surface area contributed by atoms with Crippen molar-refractivity contribution in [1.29, 1.82) is 0 Å². The van der Waals surface area contributed by atoms with E-state index >= 15 is 0 Å². The maximum Gasteiger partial charge on any atom is 0.240 e. The summed E-state index contributed by atoms with van der Waals surface area (Å²) < 4.78 is 0. The molecule has 1 aromatic carbocycles. The van der Waals surface area contributed by atoms with Crippen LogP contribution in [0.1, 0.15) is 16.6 Å². The Morgan fingerprint density at radius 3 is 2.74 bits per heavy atom. The van der Waals surface area contributed by atoms with E-state index < -0.39 is 0 Å². The summed E-state index contributed by atoms with van der Waals surface area (Å²) in [6, 6.07) is 13.9. The molecule has 1 aliphatic rings. The van der Waals surface area contributed by atoms with Crippen LogP contribution in [0.15, 0.2) is 73.6 Å². The molecule has 5 aromatic rings. The smallest absolute Gasteiger partial charge is 0.240 e. The lowest BCUT2D eigenvalue weighted by Crippen LogP contribution is -2.30. The van der Waals surface area contributed by atoms with Gasteiger partial charge in [-0.05, 0) is 36.8 Å². The van der Waals surface area contributed by atoms with Crippen LogP contribution in [0, 0.1) is 6.92 Å². The van der Waals surface area contributed by atoms with Gasteiger partial charge in [0.1, 0.15) is 11.7 Å². The average molecular weight is 466 g/mol. The standard InChI is InChI=1S/C25H19N7OS/c1-15-6-7-28-22(8-15)24-32(23(33)13-34-24)25-30-20(16-10-26-14-27-11-16)9-21(31-25)18-12-29-19-5-3-2-4-17(18)19/h2-12,14,24,29H,13H2,1H3. The molecule has 1 saturated heterocycles. The number of para-hydroxylation sites is 1. The number of hydrogen-bond acceptors (Lipinski definition) is 7. The summed E-state index contributed by atoms with van der Waals surface area (Å²) in [4.78, 5) is 40.5. The Morgan fingerprint density at radius 2 is 1.88 bits per heavy atom. The molecule has 0 saturated carbocycles. The van der Waals surface area contributed by atoms with E-state index in [1.165, 1.54) is 18.1 Å². The Labute approximate surface area is 199 Å². The minimum atomic E-state index is -0.300. The molecule has 1 fully saturated rings. The van der Waals surface area contributed by atoms with E-state index in [1.54, 1.807) is 23.5 Å². The topological polar surface area (TPSA) is 101 Å². The van der Waals surface area contributed by atoms with Crippen LogP contribution in [0.2, 0.25) is 0 Å². The molecule has 0 radical (unpaired) electrons. The first-order valence-corrected chi connectivity index (χ1v) is 11.8. The predicted octanol–water partition coefficient (Wildman–Crippen LogP) is 4.56. The number of anilines is 1. The first-order chi connectivity index (χ1) is 16.7. The lowest BCUT2D eigenvalue weighted by Gasteiger charge is -2.22. The number of hydrogen-bond donors (Lipinski definition) is 1. The largest absolute Gasteiger partial charge is 0.360 e. The fourth-order valence-corrected chi connectivity index (χ4v) is 5.20. The van der Waals surface area contributed by atoms with E-state index in [0.29, 0.717) is 23.1 Å². The van der Waals surface area contributed by atoms with Gasteiger partial charge < -0.3 is 4.98 Å². The second-order valence-electron chi connectivity index (χ2n) is 8.00. The summed E-state index contributed by atoms with van der Waals surface area (Å²) in [5.74, 6) is 0.625. The zero-order valence-electron chi connectivity index (χ0n) is 18.2. The molecule has 1 unspecified atom stereocenters. The normalized spacial score (nSPS) is 15.9. The van der Waals surface area contributed by atoms with E-state index in [0.717, 1.165) is 33.3 Å². The molecule has 1 atom stereocenters. The molecule has 166 valence electrons. The highest BCUT2D eigenvalue weighted by Gasteiger charge is 2.37. The molecule has 4 aromatic heterocycles. The van der Waals surface area contributed by atoms with Gasteiger partial charge in [-0.3, -0.25) is 14.7 Å².